The zero-order chi connectivity index (χ0) is 14.7. The highest BCUT2D eigenvalue weighted by Gasteiger charge is 2.18. The van der Waals surface area contributed by atoms with E-state index in [4.69, 9.17) is 5.73 Å². The van der Waals surface area contributed by atoms with Gasteiger partial charge in [0.05, 0.1) is 35.0 Å². The number of aryl methyl sites for hydroxylation is 2. The van der Waals surface area contributed by atoms with Crippen molar-refractivity contribution in [2.45, 2.75) is 33.4 Å². The molecule has 0 aliphatic rings. The summed E-state index contributed by atoms with van der Waals surface area (Å²) in [5, 5.41) is 12.1. The highest BCUT2D eigenvalue weighted by atomic mass is 79.9. The van der Waals surface area contributed by atoms with Gasteiger partial charge in [-0.25, -0.2) is 0 Å². The second-order valence-electron chi connectivity index (χ2n) is 4.42. The topological polar surface area (TPSA) is 91.6 Å². The lowest BCUT2D eigenvalue weighted by Gasteiger charge is -2.03. The van der Waals surface area contributed by atoms with Crippen molar-refractivity contribution in [2.24, 2.45) is 5.73 Å². The molecule has 0 amide bonds. The van der Waals surface area contributed by atoms with Crippen LogP contribution in [0.1, 0.15) is 28.8 Å². The van der Waals surface area contributed by atoms with Crippen LogP contribution in [0.4, 0.5) is 0 Å². The second kappa shape index (κ2) is 6.27. The van der Waals surface area contributed by atoms with Crippen LogP contribution in [0.3, 0.4) is 0 Å². The van der Waals surface area contributed by atoms with Gasteiger partial charge in [0.15, 0.2) is 5.78 Å². The van der Waals surface area contributed by atoms with Crippen molar-refractivity contribution in [3.05, 3.63) is 27.8 Å². The van der Waals surface area contributed by atoms with Crippen LogP contribution >= 0.6 is 15.9 Å². The molecular weight excluding hydrogens is 324 g/mol. The van der Waals surface area contributed by atoms with E-state index in [1.54, 1.807) is 10.9 Å². The lowest BCUT2D eigenvalue weighted by molar-refractivity contribution is 0.0985. The molecule has 0 aromatic carbocycles. The molecular formula is C12H17BrN6O. The molecule has 0 aliphatic heterocycles. The van der Waals surface area contributed by atoms with E-state index in [0.29, 0.717) is 18.8 Å². The van der Waals surface area contributed by atoms with Gasteiger partial charge in [0.1, 0.15) is 5.69 Å². The third kappa shape index (κ3) is 2.96. The van der Waals surface area contributed by atoms with E-state index >= 15 is 0 Å². The number of nitrogens with two attached hydrogens (primary N) is 1. The number of halogens is 1. The molecule has 2 aromatic heterocycles. The maximum Gasteiger partial charge on any atom is 0.190 e. The minimum absolute atomic E-state index is 0.0800. The zero-order valence-electron chi connectivity index (χ0n) is 11.5. The van der Waals surface area contributed by atoms with Crippen LogP contribution in [0.5, 0.6) is 0 Å². The molecule has 2 aromatic rings. The summed E-state index contributed by atoms with van der Waals surface area (Å²) in [4.78, 5) is 12.3. The van der Waals surface area contributed by atoms with Gasteiger partial charge >= 0.3 is 0 Å². The van der Waals surface area contributed by atoms with Gasteiger partial charge in [-0.2, -0.15) is 5.10 Å². The molecule has 2 rings (SSSR count). The van der Waals surface area contributed by atoms with E-state index in [1.165, 1.54) is 0 Å². The Hall–Kier alpha value is -1.54. The SMILES string of the molecule is CCn1nc(C)c(Br)c1CC(=O)c1cn(CCN)nn1. The van der Waals surface area contributed by atoms with Gasteiger partial charge in [0, 0.05) is 13.1 Å². The molecule has 8 heteroatoms. The number of carbonyl (C=O) groups is 1. The van der Waals surface area contributed by atoms with Crippen LogP contribution in [0, 0.1) is 6.92 Å². The van der Waals surface area contributed by atoms with Crippen LogP contribution in [0.15, 0.2) is 10.7 Å². The van der Waals surface area contributed by atoms with Crippen LogP contribution in [0.25, 0.3) is 0 Å². The Morgan fingerprint density at radius 2 is 2.25 bits per heavy atom. The maximum atomic E-state index is 12.3. The van der Waals surface area contributed by atoms with E-state index in [9.17, 15) is 4.79 Å². The third-order valence-corrected chi connectivity index (χ3v) is 3.99. The first-order chi connectivity index (χ1) is 9.56. The Morgan fingerprint density at radius 3 is 2.90 bits per heavy atom. The summed E-state index contributed by atoms with van der Waals surface area (Å²) in [5.74, 6) is -0.0800. The number of hydrogen-bond acceptors (Lipinski definition) is 5. The smallest absolute Gasteiger partial charge is 0.190 e. The number of carbonyl (C=O) groups excluding carboxylic acids is 1. The molecule has 2 N–H and O–H groups in total. The Bertz CT molecular complexity index is 617. The molecule has 0 spiro atoms. The lowest BCUT2D eigenvalue weighted by Crippen LogP contribution is -2.11. The van der Waals surface area contributed by atoms with Crippen molar-refractivity contribution in [1.82, 2.24) is 24.8 Å². The van der Waals surface area contributed by atoms with E-state index in [2.05, 4.69) is 31.3 Å². The largest absolute Gasteiger partial charge is 0.329 e. The number of nitrogens with zero attached hydrogens (tertiary/aromatic N) is 5. The molecule has 0 atom stereocenters. The average Bonchev–Trinajstić information content (AvgIpc) is 2.99. The van der Waals surface area contributed by atoms with Crippen molar-refractivity contribution in [1.29, 1.82) is 0 Å². The lowest BCUT2D eigenvalue weighted by atomic mass is 10.1. The molecule has 0 radical (unpaired) electrons. The average molecular weight is 341 g/mol. The van der Waals surface area contributed by atoms with Gasteiger partial charge in [-0.3, -0.25) is 14.2 Å². The van der Waals surface area contributed by atoms with E-state index < -0.39 is 0 Å². The minimum atomic E-state index is -0.0800. The van der Waals surface area contributed by atoms with Gasteiger partial charge in [0.2, 0.25) is 0 Å². The van der Waals surface area contributed by atoms with Crippen molar-refractivity contribution in [3.63, 3.8) is 0 Å². The molecule has 0 saturated heterocycles. The van der Waals surface area contributed by atoms with Crippen LogP contribution in [0.2, 0.25) is 0 Å². The van der Waals surface area contributed by atoms with Crippen LogP contribution < -0.4 is 5.73 Å². The number of aromatic nitrogens is 5. The summed E-state index contributed by atoms with van der Waals surface area (Å²) >= 11 is 3.48. The summed E-state index contributed by atoms with van der Waals surface area (Å²) in [7, 11) is 0. The number of ketones is 1. The summed E-state index contributed by atoms with van der Waals surface area (Å²) < 4.78 is 4.27. The Morgan fingerprint density at radius 1 is 1.50 bits per heavy atom. The summed E-state index contributed by atoms with van der Waals surface area (Å²) in [6.07, 6.45) is 1.87. The maximum absolute atomic E-state index is 12.3. The fourth-order valence-corrected chi connectivity index (χ4v) is 2.37. The zero-order valence-corrected chi connectivity index (χ0v) is 13.1. The highest BCUT2D eigenvalue weighted by molar-refractivity contribution is 9.10. The summed E-state index contributed by atoms with van der Waals surface area (Å²) in [5.41, 5.74) is 7.53. The van der Waals surface area contributed by atoms with E-state index in [1.807, 2.05) is 18.5 Å². The van der Waals surface area contributed by atoms with Crippen molar-refractivity contribution >= 4 is 21.7 Å². The van der Waals surface area contributed by atoms with Gasteiger partial charge in [0.25, 0.3) is 0 Å². The number of rotatable bonds is 6. The fourth-order valence-electron chi connectivity index (χ4n) is 1.95. The first kappa shape index (κ1) is 14.9. The number of hydrogen-bond donors (Lipinski definition) is 1. The number of Topliss-reactive ketones (excluding diaryl/α,β-unsaturated/α-hetero) is 1. The normalized spacial score (nSPS) is 11.0. The molecule has 2 heterocycles. The van der Waals surface area contributed by atoms with Gasteiger partial charge < -0.3 is 5.73 Å². The monoisotopic (exact) mass is 340 g/mol. The summed E-state index contributed by atoms with van der Waals surface area (Å²) in [6, 6.07) is 0. The molecule has 0 bridgehead atoms. The predicted octanol–water partition coefficient (Wildman–Crippen LogP) is 0.950. The fraction of sp³-hybridized carbons (Fsp3) is 0.500. The van der Waals surface area contributed by atoms with Crippen molar-refractivity contribution in [2.75, 3.05) is 6.54 Å². The molecule has 0 saturated carbocycles. The molecule has 108 valence electrons. The Kier molecular flexibility index (Phi) is 4.66. The highest BCUT2D eigenvalue weighted by Crippen LogP contribution is 2.22. The van der Waals surface area contributed by atoms with E-state index in [0.717, 1.165) is 22.4 Å². The van der Waals surface area contributed by atoms with Gasteiger partial charge in [-0.05, 0) is 29.8 Å². The van der Waals surface area contributed by atoms with E-state index in [-0.39, 0.29) is 12.2 Å². The standard InChI is InChI=1S/C12H17BrN6O/c1-3-19-10(12(13)8(2)16-19)6-11(20)9-7-18(5-4-14)17-15-9/h7H,3-6,14H2,1-2H3. The first-order valence-electron chi connectivity index (χ1n) is 6.42. The molecule has 0 fully saturated rings. The van der Waals surface area contributed by atoms with Gasteiger partial charge in [-0.15, -0.1) is 5.10 Å². The van der Waals surface area contributed by atoms with Crippen molar-refractivity contribution in [3.8, 4) is 0 Å². The first-order valence-corrected chi connectivity index (χ1v) is 7.21. The third-order valence-electron chi connectivity index (χ3n) is 2.96. The molecule has 7 nitrogen and oxygen atoms in total. The van der Waals surface area contributed by atoms with Gasteiger partial charge in [-0.1, -0.05) is 5.21 Å². The molecule has 20 heavy (non-hydrogen) atoms. The molecule has 0 aliphatic carbocycles. The van der Waals surface area contributed by atoms with Crippen LogP contribution in [-0.4, -0.2) is 37.1 Å². The predicted molar refractivity (Wildman–Crippen MR) is 77.4 cm³/mol. The second-order valence-corrected chi connectivity index (χ2v) is 5.21. The summed E-state index contributed by atoms with van der Waals surface area (Å²) in [6.45, 7) is 5.63. The minimum Gasteiger partial charge on any atom is -0.329 e. The quantitative estimate of drug-likeness (QED) is 0.790. The van der Waals surface area contributed by atoms with Crippen LogP contribution in [-0.2, 0) is 19.5 Å². The Balaban J connectivity index is 2.18. The van der Waals surface area contributed by atoms with Crippen molar-refractivity contribution < 1.29 is 4.79 Å². The Labute approximate surface area is 125 Å². The molecule has 0 unspecified atom stereocenters.